The molecule has 2 N–H and O–H groups in total. The Kier molecular flexibility index (Phi) is 2.58. The molecule has 1 aromatic rings. The quantitative estimate of drug-likeness (QED) is 0.705. The standard InChI is InChI=1S/C9H15N5/c1-6-7(2)13-14-9(11-6)12-8-3-4-10-5-8/h8,10H,3-5H2,1-2H3,(H,11,12,14). The van der Waals surface area contributed by atoms with Crippen LogP contribution in [0.15, 0.2) is 0 Å². The van der Waals surface area contributed by atoms with Crippen LogP contribution in [0.5, 0.6) is 0 Å². The Morgan fingerprint density at radius 2 is 2.14 bits per heavy atom. The number of nitrogens with one attached hydrogen (secondary N) is 2. The van der Waals surface area contributed by atoms with E-state index in [2.05, 4.69) is 25.8 Å². The van der Waals surface area contributed by atoms with E-state index in [1.54, 1.807) is 0 Å². The van der Waals surface area contributed by atoms with Gasteiger partial charge in [0.2, 0.25) is 5.95 Å². The molecule has 0 saturated carbocycles. The van der Waals surface area contributed by atoms with Gasteiger partial charge in [-0.1, -0.05) is 0 Å². The van der Waals surface area contributed by atoms with Crippen LogP contribution in [0.1, 0.15) is 17.8 Å². The molecule has 0 aliphatic carbocycles. The number of rotatable bonds is 2. The lowest BCUT2D eigenvalue weighted by Gasteiger charge is -2.10. The van der Waals surface area contributed by atoms with Gasteiger partial charge in [0.1, 0.15) is 0 Å². The van der Waals surface area contributed by atoms with Gasteiger partial charge in [0, 0.05) is 12.6 Å². The zero-order valence-electron chi connectivity index (χ0n) is 8.54. The first-order valence-corrected chi connectivity index (χ1v) is 4.91. The molecule has 1 saturated heterocycles. The van der Waals surface area contributed by atoms with E-state index in [-0.39, 0.29) is 0 Å². The molecule has 14 heavy (non-hydrogen) atoms. The number of nitrogens with zero attached hydrogens (tertiary/aromatic N) is 3. The van der Waals surface area contributed by atoms with Crippen molar-refractivity contribution in [1.82, 2.24) is 20.5 Å². The monoisotopic (exact) mass is 193 g/mol. The van der Waals surface area contributed by atoms with E-state index in [1.807, 2.05) is 13.8 Å². The van der Waals surface area contributed by atoms with Crippen LogP contribution in [0.4, 0.5) is 5.95 Å². The smallest absolute Gasteiger partial charge is 0.243 e. The fourth-order valence-electron chi connectivity index (χ4n) is 1.48. The molecule has 2 heterocycles. The highest BCUT2D eigenvalue weighted by Crippen LogP contribution is 2.07. The molecule has 76 valence electrons. The second-order valence-electron chi connectivity index (χ2n) is 3.64. The summed E-state index contributed by atoms with van der Waals surface area (Å²) in [6.07, 6.45) is 1.12. The Morgan fingerprint density at radius 1 is 1.29 bits per heavy atom. The van der Waals surface area contributed by atoms with Crippen molar-refractivity contribution in [1.29, 1.82) is 0 Å². The summed E-state index contributed by atoms with van der Waals surface area (Å²) in [6, 6.07) is 0.443. The van der Waals surface area contributed by atoms with Gasteiger partial charge < -0.3 is 10.6 Å². The predicted octanol–water partition coefficient (Wildman–Crippen LogP) is 0.262. The third-order valence-corrected chi connectivity index (χ3v) is 2.49. The summed E-state index contributed by atoms with van der Waals surface area (Å²) in [4.78, 5) is 4.32. The van der Waals surface area contributed by atoms with Crippen molar-refractivity contribution in [2.24, 2.45) is 0 Å². The minimum absolute atomic E-state index is 0.443. The van der Waals surface area contributed by atoms with E-state index in [0.29, 0.717) is 12.0 Å². The zero-order valence-corrected chi connectivity index (χ0v) is 8.54. The maximum Gasteiger partial charge on any atom is 0.243 e. The molecular formula is C9H15N5. The van der Waals surface area contributed by atoms with Crippen molar-refractivity contribution < 1.29 is 0 Å². The number of aryl methyl sites for hydroxylation is 2. The molecule has 0 spiro atoms. The zero-order chi connectivity index (χ0) is 9.97. The Balaban J connectivity index is 2.05. The van der Waals surface area contributed by atoms with Gasteiger partial charge >= 0.3 is 0 Å². The van der Waals surface area contributed by atoms with Gasteiger partial charge in [-0.15, -0.1) is 5.10 Å². The highest BCUT2D eigenvalue weighted by atomic mass is 15.3. The number of hydrogen-bond acceptors (Lipinski definition) is 5. The maximum absolute atomic E-state index is 4.32. The summed E-state index contributed by atoms with van der Waals surface area (Å²) >= 11 is 0. The first-order chi connectivity index (χ1) is 6.75. The van der Waals surface area contributed by atoms with Crippen LogP contribution < -0.4 is 10.6 Å². The van der Waals surface area contributed by atoms with Crippen LogP contribution in [0.2, 0.25) is 0 Å². The van der Waals surface area contributed by atoms with Crippen molar-refractivity contribution in [3.8, 4) is 0 Å². The van der Waals surface area contributed by atoms with Crippen LogP contribution in [-0.4, -0.2) is 34.3 Å². The van der Waals surface area contributed by atoms with Crippen LogP contribution in [0, 0.1) is 13.8 Å². The molecule has 0 radical (unpaired) electrons. The summed E-state index contributed by atoms with van der Waals surface area (Å²) in [5, 5.41) is 14.6. The largest absolute Gasteiger partial charge is 0.349 e. The van der Waals surface area contributed by atoms with Gasteiger partial charge in [-0.25, -0.2) is 4.98 Å². The molecule has 0 aromatic carbocycles. The van der Waals surface area contributed by atoms with Crippen molar-refractivity contribution in [3.05, 3.63) is 11.4 Å². The summed E-state index contributed by atoms with van der Waals surface area (Å²) < 4.78 is 0. The summed E-state index contributed by atoms with van der Waals surface area (Å²) in [5.74, 6) is 0.641. The SMILES string of the molecule is Cc1nnc(NC2CCNC2)nc1C. The lowest BCUT2D eigenvalue weighted by atomic mass is 10.3. The minimum atomic E-state index is 0.443. The molecule has 1 unspecified atom stereocenters. The molecule has 5 heteroatoms. The second kappa shape index (κ2) is 3.88. The molecule has 0 bridgehead atoms. The molecule has 1 aromatic heterocycles. The fourth-order valence-corrected chi connectivity index (χ4v) is 1.48. The topological polar surface area (TPSA) is 62.7 Å². The lowest BCUT2D eigenvalue weighted by molar-refractivity contribution is 0.765. The summed E-state index contributed by atoms with van der Waals surface area (Å²) in [6.45, 7) is 5.91. The highest BCUT2D eigenvalue weighted by Gasteiger charge is 2.15. The summed E-state index contributed by atoms with van der Waals surface area (Å²) in [7, 11) is 0. The van der Waals surface area contributed by atoms with E-state index in [0.717, 1.165) is 30.9 Å². The number of anilines is 1. The van der Waals surface area contributed by atoms with Gasteiger partial charge in [0.05, 0.1) is 11.4 Å². The third-order valence-electron chi connectivity index (χ3n) is 2.49. The molecule has 1 aliphatic rings. The predicted molar refractivity (Wildman–Crippen MR) is 54.2 cm³/mol. The molecule has 0 amide bonds. The van der Waals surface area contributed by atoms with E-state index in [9.17, 15) is 0 Å². The maximum atomic E-state index is 4.32. The van der Waals surface area contributed by atoms with Crippen LogP contribution in [-0.2, 0) is 0 Å². The van der Waals surface area contributed by atoms with E-state index in [4.69, 9.17) is 0 Å². The van der Waals surface area contributed by atoms with Crippen LogP contribution in [0.3, 0.4) is 0 Å². The Morgan fingerprint density at radius 3 is 2.79 bits per heavy atom. The molecule has 1 fully saturated rings. The Hall–Kier alpha value is -1.23. The first kappa shape index (κ1) is 9.33. The fraction of sp³-hybridized carbons (Fsp3) is 0.667. The number of hydrogen-bond donors (Lipinski definition) is 2. The van der Waals surface area contributed by atoms with Crippen molar-refractivity contribution in [2.75, 3.05) is 18.4 Å². The normalized spacial score (nSPS) is 21.1. The van der Waals surface area contributed by atoms with Gasteiger partial charge in [-0.3, -0.25) is 0 Å². The second-order valence-corrected chi connectivity index (χ2v) is 3.64. The molecular weight excluding hydrogens is 178 g/mol. The third kappa shape index (κ3) is 1.98. The van der Waals surface area contributed by atoms with Crippen molar-refractivity contribution in [2.45, 2.75) is 26.3 Å². The van der Waals surface area contributed by atoms with E-state index < -0.39 is 0 Å². The van der Waals surface area contributed by atoms with Gasteiger partial charge in [0.15, 0.2) is 0 Å². The Bertz CT molecular complexity index is 319. The van der Waals surface area contributed by atoms with E-state index >= 15 is 0 Å². The minimum Gasteiger partial charge on any atom is -0.349 e. The van der Waals surface area contributed by atoms with E-state index in [1.165, 1.54) is 0 Å². The molecule has 1 aliphatic heterocycles. The molecule has 1 atom stereocenters. The lowest BCUT2D eigenvalue weighted by Crippen LogP contribution is -2.23. The average molecular weight is 193 g/mol. The average Bonchev–Trinajstić information content (AvgIpc) is 2.64. The summed E-state index contributed by atoms with van der Waals surface area (Å²) in [5.41, 5.74) is 1.83. The molecule has 2 rings (SSSR count). The van der Waals surface area contributed by atoms with Crippen LogP contribution >= 0.6 is 0 Å². The highest BCUT2D eigenvalue weighted by molar-refractivity contribution is 5.26. The van der Waals surface area contributed by atoms with Crippen molar-refractivity contribution in [3.63, 3.8) is 0 Å². The van der Waals surface area contributed by atoms with Crippen molar-refractivity contribution >= 4 is 5.95 Å². The Labute approximate surface area is 83.3 Å². The molecule has 5 nitrogen and oxygen atoms in total. The van der Waals surface area contributed by atoms with Gasteiger partial charge in [-0.05, 0) is 26.8 Å². The number of aromatic nitrogens is 3. The first-order valence-electron chi connectivity index (χ1n) is 4.91. The van der Waals surface area contributed by atoms with Crippen LogP contribution in [0.25, 0.3) is 0 Å². The van der Waals surface area contributed by atoms with Gasteiger partial charge in [0.25, 0.3) is 0 Å². The van der Waals surface area contributed by atoms with Gasteiger partial charge in [-0.2, -0.15) is 5.10 Å².